The van der Waals surface area contributed by atoms with E-state index in [1.807, 2.05) is 0 Å². The minimum absolute atomic E-state index is 0.155. The summed E-state index contributed by atoms with van der Waals surface area (Å²) in [5, 5.41) is 11.5. The van der Waals surface area contributed by atoms with Crippen LogP contribution >= 0.6 is 0 Å². The van der Waals surface area contributed by atoms with Gasteiger partial charge in [-0.2, -0.15) is 0 Å². The van der Waals surface area contributed by atoms with Crippen molar-refractivity contribution in [3.05, 3.63) is 0 Å². The summed E-state index contributed by atoms with van der Waals surface area (Å²) < 4.78 is 0. The van der Waals surface area contributed by atoms with Gasteiger partial charge in [-0.3, -0.25) is 9.59 Å². The maximum Gasteiger partial charge on any atom is 0.319 e. The van der Waals surface area contributed by atoms with Gasteiger partial charge < -0.3 is 10.4 Å². The summed E-state index contributed by atoms with van der Waals surface area (Å²) in [5.74, 6) is -1.50. The van der Waals surface area contributed by atoms with Crippen LogP contribution < -0.4 is 5.32 Å². The van der Waals surface area contributed by atoms with Gasteiger partial charge >= 0.3 is 5.97 Å². The first-order valence-electron chi connectivity index (χ1n) is 4.03. The van der Waals surface area contributed by atoms with E-state index in [9.17, 15) is 9.59 Å². The molecule has 2 N–H and O–H groups in total. The van der Waals surface area contributed by atoms with Gasteiger partial charge in [0.15, 0.2) is 0 Å². The Morgan fingerprint density at radius 1 is 1.67 bits per heavy atom. The van der Waals surface area contributed by atoms with E-state index in [0.29, 0.717) is 13.0 Å². The van der Waals surface area contributed by atoms with Gasteiger partial charge in [-0.05, 0) is 12.3 Å². The minimum Gasteiger partial charge on any atom is -0.480 e. The molecule has 1 aliphatic heterocycles. The van der Waals surface area contributed by atoms with Gasteiger partial charge in [0.2, 0.25) is 5.91 Å². The largest absolute Gasteiger partial charge is 0.480 e. The number of carboxylic acid groups (broad SMARTS) is 1. The van der Waals surface area contributed by atoms with Crippen LogP contribution in [0.25, 0.3) is 0 Å². The van der Waals surface area contributed by atoms with Crippen molar-refractivity contribution in [2.45, 2.75) is 20.3 Å². The molecule has 1 fully saturated rings. The summed E-state index contributed by atoms with van der Waals surface area (Å²) in [4.78, 5) is 22.2. The second kappa shape index (κ2) is 2.77. The molecule has 1 heterocycles. The zero-order valence-electron chi connectivity index (χ0n) is 7.26. The van der Waals surface area contributed by atoms with Crippen LogP contribution in [0.15, 0.2) is 0 Å². The molecule has 0 aromatic carbocycles. The van der Waals surface area contributed by atoms with E-state index >= 15 is 0 Å². The number of carbonyl (C=O) groups excluding carboxylic acids is 1. The average Bonchev–Trinajstić information content (AvgIpc) is 2.31. The van der Waals surface area contributed by atoms with E-state index < -0.39 is 11.4 Å². The zero-order chi connectivity index (χ0) is 9.35. The second-order valence-corrected chi connectivity index (χ2v) is 3.44. The number of rotatable bonds is 2. The fourth-order valence-electron chi connectivity index (χ4n) is 1.65. The van der Waals surface area contributed by atoms with Crippen molar-refractivity contribution in [1.82, 2.24) is 5.32 Å². The van der Waals surface area contributed by atoms with Crippen molar-refractivity contribution in [2.75, 3.05) is 6.54 Å². The maximum absolute atomic E-state index is 11.3. The molecule has 0 aromatic rings. The first kappa shape index (κ1) is 9.03. The maximum atomic E-state index is 11.3. The van der Waals surface area contributed by atoms with Crippen LogP contribution in [-0.2, 0) is 9.59 Å². The van der Waals surface area contributed by atoms with Crippen molar-refractivity contribution >= 4 is 11.9 Å². The third kappa shape index (κ3) is 0.983. The molecule has 68 valence electrons. The van der Waals surface area contributed by atoms with Crippen LogP contribution in [0.5, 0.6) is 0 Å². The van der Waals surface area contributed by atoms with Crippen molar-refractivity contribution in [3.63, 3.8) is 0 Å². The molecule has 0 radical (unpaired) electrons. The third-order valence-electron chi connectivity index (χ3n) is 2.58. The standard InChI is InChI=1S/C8H13NO3/c1-5(2)8(7(11)12)3-4-9-6(8)10/h5H,3-4H2,1-2H3,(H,9,10)(H,11,12)/t8-/m0/s1. The van der Waals surface area contributed by atoms with E-state index in [4.69, 9.17) is 5.11 Å². The summed E-state index contributed by atoms with van der Waals surface area (Å²) in [6.07, 6.45) is 0.402. The van der Waals surface area contributed by atoms with Gasteiger partial charge in [0, 0.05) is 6.54 Å². The highest BCUT2D eigenvalue weighted by Gasteiger charge is 2.51. The summed E-state index contributed by atoms with van der Waals surface area (Å²) in [6.45, 7) is 4.00. The smallest absolute Gasteiger partial charge is 0.319 e. The molecule has 0 aliphatic carbocycles. The van der Waals surface area contributed by atoms with E-state index in [2.05, 4.69) is 5.32 Å². The zero-order valence-corrected chi connectivity index (χ0v) is 7.26. The topological polar surface area (TPSA) is 66.4 Å². The predicted molar refractivity (Wildman–Crippen MR) is 42.5 cm³/mol. The van der Waals surface area contributed by atoms with Crippen LogP contribution in [0.3, 0.4) is 0 Å². The molecular formula is C8H13NO3. The number of hydrogen-bond donors (Lipinski definition) is 2. The number of hydrogen-bond acceptors (Lipinski definition) is 2. The van der Waals surface area contributed by atoms with Gasteiger partial charge in [-0.1, -0.05) is 13.8 Å². The molecular weight excluding hydrogens is 158 g/mol. The Balaban J connectivity index is 3.01. The van der Waals surface area contributed by atoms with Gasteiger partial charge in [-0.15, -0.1) is 0 Å². The van der Waals surface area contributed by atoms with Crippen molar-refractivity contribution in [1.29, 1.82) is 0 Å². The number of aliphatic carboxylic acids is 1. The van der Waals surface area contributed by atoms with Gasteiger partial charge in [0.1, 0.15) is 5.41 Å². The lowest BCUT2D eigenvalue weighted by atomic mass is 9.76. The third-order valence-corrected chi connectivity index (χ3v) is 2.58. The molecule has 0 bridgehead atoms. The average molecular weight is 171 g/mol. The highest BCUT2D eigenvalue weighted by atomic mass is 16.4. The van der Waals surface area contributed by atoms with Gasteiger partial charge in [0.05, 0.1) is 0 Å². The first-order valence-corrected chi connectivity index (χ1v) is 4.03. The van der Waals surface area contributed by atoms with Crippen molar-refractivity contribution in [2.24, 2.45) is 11.3 Å². The number of carbonyl (C=O) groups is 2. The quantitative estimate of drug-likeness (QED) is 0.584. The minimum atomic E-state index is -1.18. The summed E-state index contributed by atoms with van der Waals surface area (Å²) >= 11 is 0. The Bertz CT molecular complexity index is 224. The summed E-state index contributed by atoms with van der Waals surface area (Å²) in [7, 11) is 0. The molecule has 4 nitrogen and oxygen atoms in total. The van der Waals surface area contributed by atoms with Crippen molar-refractivity contribution < 1.29 is 14.7 Å². The lowest BCUT2D eigenvalue weighted by molar-refractivity contribution is -0.156. The van der Waals surface area contributed by atoms with Crippen molar-refractivity contribution in [3.8, 4) is 0 Å². The number of nitrogens with one attached hydrogen (secondary N) is 1. The summed E-state index contributed by atoms with van der Waals surface area (Å²) in [6, 6.07) is 0. The van der Waals surface area contributed by atoms with Crippen LogP contribution in [0.4, 0.5) is 0 Å². The fourth-order valence-corrected chi connectivity index (χ4v) is 1.65. The van der Waals surface area contributed by atoms with E-state index in [1.54, 1.807) is 13.8 Å². The highest BCUT2D eigenvalue weighted by molar-refractivity contribution is 6.03. The molecule has 0 unspecified atom stereocenters. The molecule has 4 heteroatoms. The Labute approximate surface area is 71.0 Å². The lowest BCUT2D eigenvalue weighted by Crippen LogP contribution is -2.42. The Morgan fingerprint density at radius 2 is 2.25 bits per heavy atom. The molecule has 12 heavy (non-hydrogen) atoms. The van der Waals surface area contributed by atoms with Gasteiger partial charge in [0.25, 0.3) is 0 Å². The SMILES string of the molecule is CC(C)[C@@]1(C(=O)O)CCNC1=O. The van der Waals surface area contributed by atoms with Gasteiger partial charge in [-0.25, -0.2) is 0 Å². The molecule has 1 amide bonds. The van der Waals surface area contributed by atoms with E-state index in [0.717, 1.165) is 0 Å². The molecule has 1 rings (SSSR count). The Morgan fingerprint density at radius 3 is 2.42 bits per heavy atom. The van der Waals surface area contributed by atoms with Crippen LogP contribution in [-0.4, -0.2) is 23.5 Å². The van der Waals surface area contributed by atoms with E-state index in [-0.39, 0.29) is 11.8 Å². The van der Waals surface area contributed by atoms with Crippen LogP contribution in [0, 0.1) is 11.3 Å². The summed E-state index contributed by atoms with van der Waals surface area (Å²) in [5.41, 5.74) is -1.18. The molecule has 1 aliphatic rings. The predicted octanol–water partition coefficient (Wildman–Crippen LogP) is 0.233. The second-order valence-electron chi connectivity index (χ2n) is 3.44. The molecule has 1 atom stereocenters. The first-order chi connectivity index (χ1) is 5.51. The number of amides is 1. The van der Waals surface area contributed by atoms with E-state index in [1.165, 1.54) is 0 Å². The van der Waals surface area contributed by atoms with Crippen LogP contribution in [0.2, 0.25) is 0 Å². The highest BCUT2D eigenvalue weighted by Crippen LogP contribution is 2.35. The number of carboxylic acids is 1. The Hall–Kier alpha value is -1.06. The fraction of sp³-hybridized carbons (Fsp3) is 0.750. The normalized spacial score (nSPS) is 29.1. The molecule has 1 saturated heterocycles. The lowest BCUT2D eigenvalue weighted by Gasteiger charge is -2.24. The molecule has 0 aromatic heterocycles. The van der Waals surface area contributed by atoms with Crippen LogP contribution in [0.1, 0.15) is 20.3 Å². The molecule has 0 saturated carbocycles. The monoisotopic (exact) mass is 171 g/mol. The Kier molecular flexibility index (Phi) is 2.08. The molecule has 0 spiro atoms.